The van der Waals surface area contributed by atoms with E-state index in [2.05, 4.69) is 74.2 Å². The van der Waals surface area contributed by atoms with Gasteiger partial charge in [0.2, 0.25) is 0 Å². The zero-order chi connectivity index (χ0) is 21.5. The summed E-state index contributed by atoms with van der Waals surface area (Å²) < 4.78 is 6.64. The Bertz CT molecular complexity index is 747. The van der Waals surface area contributed by atoms with Crippen molar-refractivity contribution in [3.05, 3.63) is 70.8 Å². The van der Waals surface area contributed by atoms with E-state index in [9.17, 15) is 9.90 Å². The normalized spacial score (nSPS) is 16.7. The summed E-state index contributed by atoms with van der Waals surface area (Å²) in [5.74, 6) is -0.694. The largest absolute Gasteiger partial charge is 0.480 e. The number of piperidine rings is 1. The molecule has 1 saturated heterocycles. The van der Waals surface area contributed by atoms with Crippen LogP contribution in [0.1, 0.15) is 67.4 Å². The van der Waals surface area contributed by atoms with Gasteiger partial charge in [-0.2, -0.15) is 0 Å². The quantitative estimate of drug-likeness (QED) is 0.593. The van der Waals surface area contributed by atoms with Crippen molar-refractivity contribution in [2.24, 2.45) is 0 Å². The van der Waals surface area contributed by atoms with Crippen LogP contribution in [0.4, 0.5) is 0 Å². The summed E-state index contributed by atoms with van der Waals surface area (Å²) in [6.45, 7) is 7.85. The Hall–Kier alpha value is -2.17. The van der Waals surface area contributed by atoms with Crippen LogP contribution >= 0.6 is 0 Å². The lowest BCUT2D eigenvalue weighted by Crippen LogP contribution is -2.47. The van der Waals surface area contributed by atoms with E-state index in [0.717, 1.165) is 45.2 Å². The van der Waals surface area contributed by atoms with E-state index in [0.29, 0.717) is 0 Å². The van der Waals surface area contributed by atoms with Gasteiger partial charge in [0.15, 0.2) is 0 Å². The fourth-order valence-electron chi connectivity index (χ4n) is 4.21. The van der Waals surface area contributed by atoms with Crippen LogP contribution in [0.5, 0.6) is 0 Å². The standard InChI is InChI=1S/C26H35NO3/c1-4-5-6-24(26(28)29)27-17-15-23(16-18-27)30-25(21-11-7-19(2)8-12-21)22-13-9-20(3)10-14-22/h7-14,23-25H,4-6,15-18H2,1-3H3,(H,28,29). The average Bonchev–Trinajstić information content (AvgIpc) is 2.74. The number of benzene rings is 2. The van der Waals surface area contributed by atoms with Crippen LogP contribution < -0.4 is 0 Å². The Morgan fingerprint density at radius 2 is 1.50 bits per heavy atom. The molecule has 0 aliphatic carbocycles. The molecule has 1 aliphatic rings. The fraction of sp³-hybridized carbons (Fsp3) is 0.500. The van der Waals surface area contributed by atoms with E-state index >= 15 is 0 Å². The van der Waals surface area contributed by atoms with Gasteiger partial charge < -0.3 is 9.84 Å². The molecule has 0 amide bonds. The van der Waals surface area contributed by atoms with Gasteiger partial charge in [0.05, 0.1) is 6.10 Å². The van der Waals surface area contributed by atoms with Gasteiger partial charge in [-0.15, -0.1) is 0 Å². The molecule has 30 heavy (non-hydrogen) atoms. The third kappa shape index (κ3) is 5.93. The van der Waals surface area contributed by atoms with Crippen molar-refractivity contribution in [3.63, 3.8) is 0 Å². The highest BCUT2D eigenvalue weighted by molar-refractivity contribution is 5.73. The molecule has 162 valence electrons. The molecule has 1 N–H and O–H groups in total. The molecule has 3 rings (SSSR count). The lowest BCUT2D eigenvalue weighted by atomic mass is 9.98. The van der Waals surface area contributed by atoms with Crippen molar-refractivity contribution in [1.29, 1.82) is 0 Å². The highest BCUT2D eigenvalue weighted by Gasteiger charge is 2.31. The minimum atomic E-state index is -0.694. The summed E-state index contributed by atoms with van der Waals surface area (Å²) in [6.07, 6.45) is 4.47. The molecule has 1 unspecified atom stereocenters. The van der Waals surface area contributed by atoms with Gasteiger partial charge in [-0.1, -0.05) is 79.4 Å². The first-order valence-corrected chi connectivity index (χ1v) is 11.2. The van der Waals surface area contributed by atoms with Crippen molar-refractivity contribution in [2.45, 2.75) is 71.1 Å². The molecule has 1 aliphatic heterocycles. The van der Waals surface area contributed by atoms with Crippen molar-refractivity contribution in [2.75, 3.05) is 13.1 Å². The van der Waals surface area contributed by atoms with Crippen molar-refractivity contribution in [3.8, 4) is 0 Å². The lowest BCUT2D eigenvalue weighted by Gasteiger charge is -2.37. The predicted octanol–water partition coefficient (Wildman–Crippen LogP) is 5.52. The molecule has 2 aromatic rings. The number of unbranched alkanes of at least 4 members (excludes halogenated alkanes) is 1. The number of carbonyl (C=O) groups is 1. The number of hydrogen-bond acceptors (Lipinski definition) is 3. The fourth-order valence-corrected chi connectivity index (χ4v) is 4.21. The smallest absolute Gasteiger partial charge is 0.320 e. The summed E-state index contributed by atoms with van der Waals surface area (Å²) >= 11 is 0. The zero-order valence-corrected chi connectivity index (χ0v) is 18.5. The highest BCUT2D eigenvalue weighted by atomic mass is 16.5. The van der Waals surface area contributed by atoms with Crippen LogP contribution in [-0.4, -0.2) is 41.2 Å². The number of rotatable bonds is 9. The van der Waals surface area contributed by atoms with Crippen molar-refractivity contribution >= 4 is 5.97 Å². The molecular formula is C26H35NO3. The maximum atomic E-state index is 11.7. The van der Waals surface area contributed by atoms with E-state index in [1.54, 1.807) is 0 Å². The second kappa shape index (κ2) is 10.7. The molecule has 1 atom stereocenters. The van der Waals surface area contributed by atoms with Gasteiger partial charge in [-0.05, 0) is 44.2 Å². The number of nitrogens with zero attached hydrogens (tertiary/aromatic N) is 1. The maximum Gasteiger partial charge on any atom is 0.320 e. The number of hydrogen-bond donors (Lipinski definition) is 1. The number of likely N-dealkylation sites (tertiary alicyclic amines) is 1. The lowest BCUT2D eigenvalue weighted by molar-refractivity contribution is -0.145. The number of aliphatic carboxylic acids is 1. The molecule has 0 spiro atoms. The minimum Gasteiger partial charge on any atom is -0.480 e. The van der Waals surface area contributed by atoms with Crippen molar-refractivity contribution in [1.82, 2.24) is 4.90 Å². The van der Waals surface area contributed by atoms with Crippen LogP contribution in [0, 0.1) is 13.8 Å². The van der Waals surface area contributed by atoms with Gasteiger partial charge in [-0.25, -0.2) is 0 Å². The summed E-state index contributed by atoms with van der Waals surface area (Å²) in [5, 5.41) is 9.63. The third-order valence-electron chi connectivity index (χ3n) is 6.12. The molecule has 2 aromatic carbocycles. The highest BCUT2D eigenvalue weighted by Crippen LogP contribution is 2.31. The number of carboxylic acids is 1. The Kier molecular flexibility index (Phi) is 8.06. The average molecular weight is 410 g/mol. The van der Waals surface area contributed by atoms with Gasteiger partial charge in [0, 0.05) is 13.1 Å². The van der Waals surface area contributed by atoms with Crippen LogP contribution in [0.15, 0.2) is 48.5 Å². The van der Waals surface area contributed by atoms with Crippen LogP contribution in [0.25, 0.3) is 0 Å². The number of ether oxygens (including phenoxy) is 1. The van der Waals surface area contributed by atoms with E-state index in [4.69, 9.17) is 4.74 Å². The van der Waals surface area contributed by atoms with Crippen LogP contribution in [0.3, 0.4) is 0 Å². The minimum absolute atomic E-state index is 0.0990. The van der Waals surface area contributed by atoms with Gasteiger partial charge in [-0.3, -0.25) is 9.69 Å². The van der Waals surface area contributed by atoms with E-state index < -0.39 is 5.97 Å². The summed E-state index contributed by atoms with van der Waals surface area (Å²) in [4.78, 5) is 13.8. The molecule has 1 fully saturated rings. The zero-order valence-electron chi connectivity index (χ0n) is 18.5. The Labute approximate surface area is 180 Å². The molecule has 0 radical (unpaired) electrons. The first kappa shape index (κ1) is 22.5. The third-order valence-corrected chi connectivity index (χ3v) is 6.12. The van der Waals surface area contributed by atoms with Gasteiger partial charge >= 0.3 is 5.97 Å². The Balaban J connectivity index is 1.69. The molecule has 4 heteroatoms. The Morgan fingerprint density at radius 1 is 1.00 bits per heavy atom. The van der Waals surface area contributed by atoms with Gasteiger partial charge in [0.1, 0.15) is 12.1 Å². The molecule has 4 nitrogen and oxygen atoms in total. The molecule has 0 saturated carbocycles. The summed E-state index contributed by atoms with van der Waals surface area (Å²) in [6, 6.07) is 16.8. The summed E-state index contributed by atoms with van der Waals surface area (Å²) in [7, 11) is 0. The topological polar surface area (TPSA) is 49.8 Å². The van der Waals surface area contributed by atoms with E-state index in [1.165, 1.54) is 22.3 Å². The Morgan fingerprint density at radius 3 is 1.93 bits per heavy atom. The van der Waals surface area contributed by atoms with Crippen LogP contribution in [0.2, 0.25) is 0 Å². The number of carboxylic acid groups (broad SMARTS) is 1. The molecule has 0 aromatic heterocycles. The first-order valence-electron chi connectivity index (χ1n) is 11.2. The SMILES string of the molecule is CCCCC(C(=O)O)N1CCC(OC(c2ccc(C)cc2)c2ccc(C)cc2)CC1. The first-order chi connectivity index (χ1) is 14.5. The maximum absolute atomic E-state index is 11.7. The van der Waals surface area contributed by atoms with Crippen LogP contribution in [-0.2, 0) is 9.53 Å². The van der Waals surface area contributed by atoms with E-state index in [-0.39, 0.29) is 18.2 Å². The molecular weight excluding hydrogens is 374 g/mol. The van der Waals surface area contributed by atoms with E-state index in [1.807, 2.05) is 0 Å². The monoisotopic (exact) mass is 409 g/mol. The molecule has 1 heterocycles. The summed E-state index contributed by atoms with van der Waals surface area (Å²) in [5.41, 5.74) is 4.81. The van der Waals surface area contributed by atoms with Gasteiger partial charge in [0.25, 0.3) is 0 Å². The molecule has 0 bridgehead atoms. The van der Waals surface area contributed by atoms with Crippen molar-refractivity contribution < 1.29 is 14.6 Å². The number of aryl methyl sites for hydroxylation is 2. The second-order valence-electron chi connectivity index (χ2n) is 8.57. The second-order valence-corrected chi connectivity index (χ2v) is 8.57. The predicted molar refractivity (Wildman–Crippen MR) is 121 cm³/mol.